The van der Waals surface area contributed by atoms with Crippen molar-refractivity contribution in [3.05, 3.63) is 27.7 Å². The van der Waals surface area contributed by atoms with Crippen LogP contribution in [0, 0.1) is 0 Å². The molecule has 0 atom stereocenters. The number of hydrogen-bond donors (Lipinski definition) is 1. The average Bonchev–Trinajstić information content (AvgIpc) is 2.52. The molecule has 1 aromatic carbocycles. The Labute approximate surface area is 93.0 Å². The molecule has 0 spiro atoms. The van der Waals surface area contributed by atoms with E-state index in [1.165, 1.54) is 4.68 Å². The van der Waals surface area contributed by atoms with E-state index in [0.717, 1.165) is 4.47 Å². The molecule has 1 aromatic heterocycles. The third-order valence-electron chi connectivity index (χ3n) is 1.63. The molecule has 0 bridgehead atoms. The number of halogens is 2. The van der Waals surface area contributed by atoms with Crippen LogP contribution in [0.5, 0.6) is 0 Å². The normalized spacial score (nSPS) is 10.4. The van der Waals surface area contributed by atoms with Crippen molar-refractivity contribution < 1.29 is 0 Å². The van der Waals surface area contributed by atoms with Crippen molar-refractivity contribution in [2.45, 2.75) is 0 Å². The maximum Gasteiger partial charge on any atom is 0.245 e. The molecule has 72 valence electrons. The van der Waals surface area contributed by atoms with Gasteiger partial charge in [-0.3, -0.25) is 0 Å². The van der Waals surface area contributed by atoms with E-state index in [1.54, 1.807) is 12.1 Å². The average molecular weight is 275 g/mol. The number of nitrogens with two attached hydrogens (primary N) is 1. The summed E-state index contributed by atoms with van der Waals surface area (Å²) in [5.41, 5.74) is 6.19. The number of anilines is 1. The first-order valence-electron chi connectivity index (χ1n) is 3.68. The summed E-state index contributed by atoms with van der Waals surface area (Å²) >= 11 is 9.29. The molecule has 0 aliphatic heterocycles. The highest BCUT2D eigenvalue weighted by atomic mass is 79.9. The first kappa shape index (κ1) is 9.42. The van der Waals surface area contributed by atoms with Crippen LogP contribution in [0.3, 0.4) is 0 Å². The number of nitrogens with zero attached hydrogens (tertiary/aromatic N) is 4. The van der Waals surface area contributed by atoms with Crippen molar-refractivity contribution in [2.75, 3.05) is 5.73 Å². The van der Waals surface area contributed by atoms with Crippen molar-refractivity contribution in [1.82, 2.24) is 20.2 Å². The van der Waals surface area contributed by atoms with Crippen molar-refractivity contribution in [3.63, 3.8) is 0 Å². The fourth-order valence-electron chi connectivity index (χ4n) is 1.02. The highest BCUT2D eigenvalue weighted by Crippen LogP contribution is 2.24. The maximum absolute atomic E-state index is 5.99. The van der Waals surface area contributed by atoms with E-state index in [-0.39, 0.29) is 5.95 Å². The highest BCUT2D eigenvalue weighted by molar-refractivity contribution is 9.10. The van der Waals surface area contributed by atoms with Gasteiger partial charge in [0.25, 0.3) is 0 Å². The van der Waals surface area contributed by atoms with Gasteiger partial charge in [0.15, 0.2) is 0 Å². The van der Waals surface area contributed by atoms with Gasteiger partial charge in [-0.2, -0.15) is 4.68 Å². The van der Waals surface area contributed by atoms with E-state index < -0.39 is 0 Å². The summed E-state index contributed by atoms with van der Waals surface area (Å²) in [6.45, 7) is 0. The van der Waals surface area contributed by atoms with Crippen molar-refractivity contribution >= 4 is 33.5 Å². The van der Waals surface area contributed by atoms with Crippen molar-refractivity contribution in [2.24, 2.45) is 0 Å². The number of benzene rings is 1. The largest absolute Gasteiger partial charge is 0.366 e. The maximum atomic E-state index is 5.99. The Kier molecular flexibility index (Phi) is 2.39. The summed E-state index contributed by atoms with van der Waals surface area (Å²) in [5, 5.41) is 11.2. The van der Waals surface area contributed by atoms with Crippen LogP contribution in [-0.2, 0) is 0 Å². The van der Waals surface area contributed by atoms with Gasteiger partial charge in [-0.15, -0.1) is 0 Å². The van der Waals surface area contributed by atoms with E-state index in [0.29, 0.717) is 10.7 Å². The monoisotopic (exact) mass is 273 g/mol. The zero-order valence-electron chi connectivity index (χ0n) is 6.85. The molecular formula is C7H5BrClN5. The summed E-state index contributed by atoms with van der Waals surface area (Å²) in [4.78, 5) is 0. The van der Waals surface area contributed by atoms with Gasteiger partial charge in [0.2, 0.25) is 5.95 Å². The van der Waals surface area contributed by atoms with Crippen LogP contribution in [0.4, 0.5) is 5.95 Å². The molecule has 0 unspecified atom stereocenters. The molecule has 7 heteroatoms. The molecule has 2 N–H and O–H groups in total. The molecular weight excluding hydrogens is 269 g/mol. The molecule has 0 saturated heterocycles. The van der Waals surface area contributed by atoms with Gasteiger partial charge in [0.1, 0.15) is 0 Å². The van der Waals surface area contributed by atoms with Crippen LogP contribution in [0.2, 0.25) is 5.02 Å². The van der Waals surface area contributed by atoms with Gasteiger partial charge in [0.05, 0.1) is 10.7 Å². The quantitative estimate of drug-likeness (QED) is 0.858. The Balaban J connectivity index is 2.58. The van der Waals surface area contributed by atoms with Crippen molar-refractivity contribution in [3.8, 4) is 5.69 Å². The van der Waals surface area contributed by atoms with E-state index in [4.69, 9.17) is 17.3 Å². The summed E-state index contributed by atoms with van der Waals surface area (Å²) in [6.07, 6.45) is 0. The van der Waals surface area contributed by atoms with E-state index in [1.807, 2.05) is 6.07 Å². The molecule has 1 heterocycles. The van der Waals surface area contributed by atoms with Crippen LogP contribution >= 0.6 is 27.5 Å². The Morgan fingerprint density at radius 3 is 2.79 bits per heavy atom. The molecule has 0 fully saturated rings. The second kappa shape index (κ2) is 3.55. The fourth-order valence-corrected chi connectivity index (χ4v) is 1.77. The van der Waals surface area contributed by atoms with Gasteiger partial charge in [-0.05, 0) is 28.6 Å². The van der Waals surface area contributed by atoms with Gasteiger partial charge in [0, 0.05) is 4.47 Å². The summed E-state index contributed by atoms with van der Waals surface area (Å²) in [6, 6.07) is 5.36. The van der Waals surface area contributed by atoms with Crippen molar-refractivity contribution in [1.29, 1.82) is 0 Å². The number of hydrogen-bond acceptors (Lipinski definition) is 4. The lowest BCUT2D eigenvalue weighted by molar-refractivity contribution is 0.792. The third-order valence-corrected chi connectivity index (χ3v) is 2.43. The lowest BCUT2D eigenvalue weighted by atomic mass is 10.3. The van der Waals surface area contributed by atoms with Gasteiger partial charge in [-0.1, -0.05) is 32.6 Å². The first-order chi connectivity index (χ1) is 6.68. The number of aromatic nitrogens is 4. The lowest BCUT2D eigenvalue weighted by Gasteiger charge is -2.03. The van der Waals surface area contributed by atoms with Gasteiger partial charge < -0.3 is 5.73 Å². The Hall–Kier alpha value is -1.14. The summed E-state index contributed by atoms with van der Waals surface area (Å²) < 4.78 is 2.26. The van der Waals surface area contributed by atoms with Crippen LogP contribution in [0.15, 0.2) is 22.7 Å². The molecule has 0 saturated carbocycles. The standard InChI is InChI=1S/C7H5BrClN5/c8-4-1-2-6(5(9)3-4)14-7(10)11-12-13-14/h1-3H,(H2,10,11,13). The topological polar surface area (TPSA) is 69.6 Å². The Morgan fingerprint density at radius 2 is 2.21 bits per heavy atom. The fraction of sp³-hybridized carbons (Fsp3) is 0. The van der Waals surface area contributed by atoms with Crippen LogP contribution in [-0.4, -0.2) is 20.2 Å². The predicted molar refractivity (Wildman–Crippen MR) is 56.3 cm³/mol. The van der Waals surface area contributed by atoms with Gasteiger partial charge in [-0.25, -0.2) is 0 Å². The zero-order valence-corrected chi connectivity index (χ0v) is 9.20. The summed E-state index contributed by atoms with van der Waals surface area (Å²) in [5.74, 6) is 0.203. The molecule has 0 amide bonds. The number of nitrogen functional groups attached to an aromatic ring is 1. The minimum absolute atomic E-state index is 0.203. The molecule has 0 aliphatic carbocycles. The summed E-state index contributed by atoms with van der Waals surface area (Å²) in [7, 11) is 0. The first-order valence-corrected chi connectivity index (χ1v) is 4.85. The number of rotatable bonds is 1. The second-order valence-electron chi connectivity index (χ2n) is 2.54. The number of tetrazole rings is 1. The lowest BCUT2D eigenvalue weighted by Crippen LogP contribution is -2.02. The molecule has 5 nitrogen and oxygen atoms in total. The highest BCUT2D eigenvalue weighted by Gasteiger charge is 2.08. The molecule has 0 radical (unpaired) electrons. The second-order valence-corrected chi connectivity index (χ2v) is 3.87. The van der Waals surface area contributed by atoms with E-state index >= 15 is 0 Å². The van der Waals surface area contributed by atoms with E-state index in [2.05, 4.69) is 31.5 Å². The smallest absolute Gasteiger partial charge is 0.245 e. The molecule has 2 rings (SSSR count). The van der Waals surface area contributed by atoms with E-state index in [9.17, 15) is 0 Å². The van der Waals surface area contributed by atoms with Crippen LogP contribution in [0.25, 0.3) is 5.69 Å². The molecule has 14 heavy (non-hydrogen) atoms. The minimum atomic E-state index is 0.203. The van der Waals surface area contributed by atoms with Crippen LogP contribution in [0.1, 0.15) is 0 Å². The van der Waals surface area contributed by atoms with Gasteiger partial charge >= 0.3 is 0 Å². The molecule has 0 aliphatic rings. The predicted octanol–water partition coefficient (Wildman–Crippen LogP) is 1.66. The van der Waals surface area contributed by atoms with Crippen LogP contribution < -0.4 is 5.73 Å². The SMILES string of the molecule is Nc1nnnn1-c1ccc(Br)cc1Cl. The third kappa shape index (κ3) is 1.58. The minimum Gasteiger partial charge on any atom is -0.366 e. The Morgan fingerprint density at radius 1 is 1.43 bits per heavy atom. The zero-order chi connectivity index (χ0) is 10.1. The molecule has 2 aromatic rings. The Bertz CT molecular complexity index is 469.